The molecule has 1 heterocycles. The van der Waals surface area contributed by atoms with E-state index in [-0.39, 0.29) is 12.3 Å². The molecule has 4 rings (SSSR count). The van der Waals surface area contributed by atoms with Crippen molar-refractivity contribution in [2.75, 3.05) is 6.61 Å². The van der Waals surface area contributed by atoms with Crippen molar-refractivity contribution in [3.05, 3.63) is 97.4 Å². The number of imidazole rings is 1. The van der Waals surface area contributed by atoms with Crippen LogP contribution in [0, 0.1) is 25.0 Å². The number of allylic oxidation sites excluding steroid dienone is 1. The highest BCUT2D eigenvalue weighted by Gasteiger charge is 2.14. The van der Waals surface area contributed by atoms with Crippen molar-refractivity contribution < 1.29 is 14.4 Å². The first kappa shape index (κ1) is 24.2. The number of halogens is 1. The van der Waals surface area contributed by atoms with E-state index in [0.717, 1.165) is 25.7 Å². The van der Waals surface area contributed by atoms with Gasteiger partial charge in [0.25, 0.3) is 5.69 Å². The Morgan fingerprint density at radius 2 is 1.97 bits per heavy atom. The molecule has 35 heavy (non-hydrogen) atoms. The van der Waals surface area contributed by atoms with Crippen LogP contribution in [0.3, 0.4) is 0 Å². The van der Waals surface area contributed by atoms with Gasteiger partial charge in [-0.05, 0) is 83.1 Å². The third kappa shape index (κ3) is 5.78. The number of benzene rings is 3. The lowest BCUT2D eigenvalue weighted by Crippen LogP contribution is -2.02. The number of ether oxygens (including phenoxy) is 2. The monoisotopic (exact) mass is 580 g/mol. The van der Waals surface area contributed by atoms with Crippen molar-refractivity contribution in [1.82, 2.24) is 9.55 Å². The molecular weight excluding hydrogens is 559 g/mol. The molecule has 1 aromatic heterocycles. The summed E-state index contributed by atoms with van der Waals surface area (Å²) in [5, 5.41) is 20.6. The van der Waals surface area contributed by atoms with E-state index in [9.17, 15) is 15.4 Å². The molecule has 0 unspecified atom stereocenters. The van der Waals surface area contributed by atoms with Gasteiger partial charge in [-0.15, -0.1) is 0 Å². The van der Waals surface area contributed by atoms with Crippen LogP contribution >= 0.6 is 22.6 Å². The summed E-state index contributed by atoms with van der Waals surface area (Å²) in [5.41, 5.74) is 4.08. The Hall–Kier alpha value is -3.91. The molecule has 0 amide bonds. The number of rotatable bonds is 9. The van der Waals surface area contributed by atoms with Crippen LogP contribution < -0.4 is 9.47 Å². The molecule has 0 radical (unpaired) electrons. The second-order valence-corrected chi connectivity index (χ2v) is 8.78. The highest BCUT2D eigenvalue weighted by Crippen LogP contribution is 2.35. The molecule has 3 aromatic carbocycles. The molecule has 4 aromatic rings. The number of nitriles is 1. The summed E-state index contributed by atoms with van der Waals surface area (Å²) in [4.78, 5) is 14.8. The molecule has 9 heteroatoms. The van der Waals surface area contributed by atoms with Crippen LogP contribution in [0.1, 0.15) is 18.1 Å². The molecule has 8 nitrogen and oxygen atoms in total. The van der Waals surface area contributed by atoms with Crippen molar-refractivity contribution in [2.24, 2.45) is 0 Å². The number of para-hydroxylation sites is 2. The number of nitro benzene ring substituents is 1. The standard InChI is InChI=1S/C26H21IN4O4/c1-2-34-25-13-19(11-20(14-28)15-30-17-29-23-5-3-4-6-24(23)30)12-22(27)26(25)35-16-18-7-9-21(10-8-18)31(32)33/h3-13,17H,2,15-16H2,1H3/b20-11-. The SMILES string of the molecule is CCOc1cc(/C=C(/C#N)Cn2cnc3ccccc32)cc(I)c1OCc1ccc([N+](=O)[O-])cc1. The summed E-state index contributed by atoms with van der Waals surface area (Å²) in [6, 6.07) is 20.1. The fraction of sp³-hybridized carbons (Fsp3) is 0.154. The van der Waals surface area contributed by atoms with E-state index < -0.39 is 4.92 Å². The largest absolute Gasteiger partial charge is 0.490 e. The second kappa shape index (κ2) is 11.0. The Kier molecular flexibility index (Phi) is 7.62. The molecule has 0 aliphatic heterocycles. The van der Waals surface area contributed by atoms with E-state index in [1.54, 1.807) is 18.5 Å². The molecule has 0 spiro atoms. The van der Waals surface area contributed by atoms with E-state index in [0.29, 0.717) is 30.2 Å². The average molecular weight is 580 g/mol. The van der Waals surface area contributed by atoms with Crippen molar-refractivity contribution in [1.29, 1.82) is 5.26 Å². The van der Waals surface area contributed by atoms with Crippen LogP contribution in [0.2, 0.25) is 0 Å². The molecule has 0 atom stereocenters. The predicted octanol–water partition coefficient (Wildman–Crippen LogP) is 6.13. The maximum Gasteiger partial charge on any atom is 0.269 e. The Labute approximate surface area is 215 Å². The first-order valence-electron chi connectivity index (χ1n) is 10.8. The van der Waals surface area contributed by atoms with Crippen molar-refractivity contribution >= 4 is 45.4 Å². The number of hydrogen-bond donors (Lipinski definition) is 0. The predicted molar refractivity (Wildman–Crippen MR) is 141 cm³/mol. The molecule has 176 valence electrons. The zero-order valence-corrected chi connectivity index (χ0v) is 21.0. The van der Waals surface area contributed by atoms with Gasteiger partial charge in [-0.2, -0.15) is 5.26 Å². The minimum atomic E-state index is -0.433. The first-order chi connectivity index (χ1) is 17.0. The van der Waals surface area contributed by atoms with Gasteiger partial charge in [0.05, 0.1) is 45.1 Å². The minimum absolute atomic E-state index is 0.0338. The number of non-ortho nitro benzene ring substituents is 1. The van der Waals surface area contributed by atoms with Crippen LogP contribution in [-0.4, -0.2) is 21.1 Å². The molecule has 0 aliphatic carbocycles. The summed E-state index contributed by atoms with van der Waals surface area (Å²) in [6.07, 6.45) is 3.57. The van der Waals surface area contributed by atoms with Crippen molar-refractivity contribution in [2.45, 2.75) is 20.1 Å². The third-order valence-corrected chi connectivity index (χ3v) is 6.02. The van der Waals surface area contributed by atoms with E-state index >= 15 is 0 Å². The van der Waals surface area contributed by atoms with Gasteiger partial charge in [0.15, 0.2) is 11.5 Å². The maximum absolute atomic E-state index is 10.9. The average Bonchev–Trinajstić information content (AvgIpc) is 3.26. The summed E-state index contributed by atoms with van der Waals surface area (Å²) in [5.74, 6) is 1.15. The molecule has 0 aliphatic rings. The highest BCUT2D eigenvalue weighted by molar-refractivity contribution is 14.1. The highest BCUT2D eigenvalue weighted by atomic mass is 127. The number of aromatic nitrogens is 2. The van der Waals surface area contributed by atoms with Gasteiger partial charge in [-0.3, -0.25) is 10.1 Å². The lowest BCUT2D eigenvalue weighted by atomic mass is 10.1. The summed E-state index contributed by atoms with van der Waals surface area (Å²) in [7, 11) is 0. The van der Waals surface area contributed by atoms with Gasteiger partial charge in [0, 0.05) is 17.7 Å². The lowest BCUT2D eigenvalue weighted by molar-refractivity contribution is -0.384. The summed E-state index contributed by atoms with van der Waals surface area (Å²) < 4.78 is 14.6. The molecule has 0 saturated carbocycles. The van der Waals surface area contributed by atoms with E-state index in [2.05, 4.69) is 33.6 Å². The number of hydrogen-bond acceptors (Lipinski definition) is 6. The fourth-order valence-electron chi connectivity index (χ4n) is 3.58. The number of nitrogens with zero attached hydrogens (tertiary/aromatic N) is 4. The number of fused-ring (bicyclic) bond motifs is 1. The number of nitro groups is 1. The first-order valence-corrected chi connectivity index (χ1v) is 11.9. The van der Waals surface area contributed by atoms with E-state index in [1.807, 2.05) is 54.0 Å². The Balaban J connectivity index is 1.57. The summed E-state index contributed by atoms with van der Waals surface area (Å²) >= 11 is 2.18. The van der Waals surface area contributed by atoms with E-state index in [1.165, 1.54) is 12.1 Å². The van der Waals surface area contributed by atoms with Gasteiger partial charge in [-0.1, -0.05) is 12.1 Å². The second-order valence-electron chi connectivity index (χ2n) is 7.62. The fourth-order valence-corrected chi connectivity index (χ4v) is 4.36. The molecule has 0 bridgehead atoms. The van der Waals surface area contributed by atoms with Gasteiger partial charge < -0.3 is 14.0 Å². The van der Waals surface area contributed by atoms with Gasteiger partial charge in [0.2, 0.25) is 0 Å². The van der Waals surface area contributed by atoms with Crippen LogP contribution in [0.25, 0.3) is 17.1 Å². The van der Waals surface area contributed by atoms with Crippen LogP contribution in [0.15, 0.2) is 72.6 Å². The van der Waals surface area contributed by atoms with E-state index in [4.69, 9.17) is 9.47 Å². The van der Waals surface area contributed by atoms with Gasteiger partial charge in [-0.25, -0.2) is 4.98 Å². The van der Waals surface area contributed by atoms with Crippen LogP contribution in [0.5, 0.6) is 11.5 Å². The smallest absolute Gasteiger partial charge is 0.269 e. The Morgan fingerprint density at radius 1 is 1.20 bits per heavy atom. The zero-order chi connectivity index (χ0) is 24.8. The topological polar surface area (TPSA) is 103 Å². The van der Waals surface area contributed by atoms with Crippen LogP contribution in [-0.2, 0) is 13.2 Å². The normalized spacial score (nSPS) is 11.3. The third-order valence-electron chi connectivity index (χ3n) is 5.21. The quantitative estimate of drug-likeness (QED) is 0.102. The van der Waals surface area contributed by atoms with Crippen molar-refractivity contribution in [3.63, 3.8) is 0 Å². The molecule has 0 N–H and O–H groups in total. The summed E-state index contributed by atoms with van der Waals surface area (Å²) in [6.45, 7) is 2.97. The van der Waals surface area contributed by atoms with Gasteiger partial charge in [0.1, 0.15) is 6.61 Å². The van der Waals surface area contributed by atoms with Crippen molar-refractivity contribution in [3.8, 4) is 17.6 Å². The Bertz CT molecular complexity index is 1440. The van der Waals surface area contributed by atoms with Gasteiger partial charge >= 0.3 is 0 Å². The lowest BCUT2D eigenvalue weighted by Gasteiger charge is -2.15. The Morgan fingerprint density at radius 3 is 2.69 bits per heavy atom. The molecule has 0 saturated heterocycles. The maximum atomic E-state index is 10.9. The zero-order valence-electron chi connectivity index (χ0n) is 18.8. The molecular formula is C26H21IN4O4. The molecule has 0 fully saturated rings. The van der Waals surface area contributed by atoms with Crippen LogP contribution in [0.4, 0.5) is 5.69 Å². The minimum Gasteiger partial charge on any atom is -0.490 e.